The monoisotopic (exact) mass is 834 g/mol. The molecule has 60 heavy (non-hydrogen) atoms. The van der Waals surface area contributed by atoms with E-state index in [1.54, 1.807) is 52.0 Å². The molecule has 0 N–H and O–H groups in total. The Morgan fingerprint density at radius 3 is 1.07 bits per heavy atom. The number of benzene rings is 2. The lowest BCUT2D eigenvalue weighted by Gasteiger charge is -2.47. The van der Waals surface area contributed by atoms with E-state index in [1.165, 1.54) is 0 Å². The van der Waals surface area contributed by atoms with E-state index in [1.807, 2.05) is 12.1 Å². The highest BCUT2D eigenvalue weighted by molar-refractivity contribution is 5.78. The van der Waals surface area contributed by atoms with Crippen LogP contribution in [0.25, 0.3) is 0 Å². The van der Waals surface area contributed by atoms with Crippen LogP contribution in [0.4, 0.5) is 0 Å². The van der Waals surface area contributed by atoms with E-state index < -0.39 is 23.9 Å². The van der Waals surface area contributed by atoms with Gasteiger partial charge in [0, 0.05) is 88.2 Å². The first-order chi connectivity index (χ1) is 28.7. The number of hydrogen-bond acceptors (Lipinski definition) is 12. The zero-order chi connectivity index (χ0) is 43.2. The van der Waals surface area contributed by atoms with Crippen molar-refractivity contribution in [1.29, 1.82) is 0 Å². The number of rotatable bonds is 17. The molecule has 0 amide bonds. The minimum Gasteiger partial charge on any atom is -0.462 e. The van der Waals surface area contributed by atoms with Crippen molar-refractivity contribution < 1.29 is 66.2 Å². The summed E-state index contributed by atoms with van der Waals surface area (Å²) in [6.07, 6.45) is 7.14. The molecule has 4 bridgehead atoms. The summed E-state index contributed by atoms with van der Waals surface area (Å²) in [5.74, 6) is -1.51. The molecule has 4 fully saturated rings. The van der Waals surface area contributed by atoms with Crippen molar-refractivity contribution in [3.63, 3.8) is 0 Å². The number of hydrogen-bond donors (Lipinski definition) is 0. The summed E-state index contributed by atoms with van der Waals surface area (Å²) in [6.45, 7) is 8.19. The number of nitrogens with zero attached hydrogens (tertiary/aromatic N) is 2. The first kappa shape index (κ1) is 44.7. The van der Waals surface area contributed by atoms with Crippen LogP contribution in [0, 0.1) is 0 Å². The quantitative estimate of drug-likeness (QED) is 0.0935. The van der Waals surface area contributed by atoms with Crippen molar-refractivity contribution in [2.24, 2.45) is 0 Å². The van der Waals surface area contributed by atoms with Crippen LogP contribution in [-0.2, 0) is 51.3 Å². The predicted octanol–water partition coefficient (Wildman–Crippen LogP) is 6.80. The average Bonchev–Trinajstić information content (AvgIpc) is 3.44. The van der Waals surface area contributed by atoms with Crippen molar-refractivity contribution in [2.45, 2.75) is 167 Å². The Balaban J connectivity index is 0.978. The van der Waals surface area contributed by atoms with Crippen molar-refractivity contribution in [3.8, 4) is 23.0 Å². The molecule has 4 heterocycles. The summed E-state index contributed by atoms with van der Waals surface area (Å²) >= 11 is 0. The second kappa shape index (κ2) is 19.3. The Morgan fingerprint density at radius 2 is 0.767 bits per heavy atom. The smallest absolute Gasteiger partial charge is 0.311 e. The Labute approximate surface area is 352 Å². The van der Waals surface area contributed by atoms with Crippen molar-refractivity contribution in [2.75, 3.05) is 14.1 Å². The number of carbonyl (C=O) groups excluding carboxylic acids is 6. The van der Waals surface area contributed by atoms with Gasteiger partial charge in [0.15, 0.2) is 23.0 Å². The number of ether oxygens (including phenoxy) is 6. The maximum absolute atomic E-state index is 13.1. The highest BCUT2D eigenvalue weighted by Gasteiger charge is 2.54. The Hall–Kier alpha value is -4.82. The molecule has 2 aromatic rings. The van der Waals surface area contributed by atoms with E-state index in [-0.39, 0.29) is 110 Å². The van der Waals surface area contributed by atoms with Gasteiger partial charge >= 0.3 is 35.8 Å². The average molecular weight is 835 g/mol. The third-order valence-electron chi connectivity index (χ3n) is 13.4. The Bertz CT molecular complexity index is 1780. The molecule has 4 aliphatic heterocycles. The molecule has 14 heteroatoms. The SMILES string of the molecule is CCC(=O)Oc1ccc(C[N+]2(C)C3CCC2CC(OC(=O)CCC(=O)OC2CC4CCC(C2)[N+]4(C)Cc2ccc(OC(=O)CC)c(OC(=O)CC)c2)C3)cc1OC(=O)CC. The zero-order valence-electron chi connectivity index (χ0n) is 36.0. The summed E-state index contributed by atoms with van der Waals surface area (Å²) in [4.78, 5) is 74.5. The van der Waals surface area contributed by atoms with Crippen LogP contribution in [0.5, 0.6) is 23.0 Å². The molecular formula is C46H62N2O12+2. The maximum atomic E-state index is 13.1. The fourth-order valence-electron chi connectivity index (χ4n) is 9.98. The maximum Gasteiger partial charge on any atom is 0.311 e. The summed E-state index contributed by atoms with van der Waals surface area (Å²) in [5.41, 5.74) is 1.92. The number of fused-ring (bicyclic) bond motifs is 4. The number of esters is 6. The summed E-state index contributed by atoms with van der Waals surface area (Å²) in [6, 6.07) is 11.8. The van der Waals surface area contributed by atoms with Crippen LogP contribution >= 0.6 is 0 Å². The summed E-state index contributed by atoms with van der Waals surface area (Å²) < 4.78 is 35.4. The normalized spacial score (nSPS) is 27.7. The summed E-state index contributed by atoms with van der Waals surface area (Å²) in [5, 5.41) is 0. The van der Waals surface area contributed by atoms with E-state index in [0.717, 1.165) is 71.5 Å². The molecule has 4 atom stereocenters. The van der Waals surface area contributed by atoms with Gasteiger partial charge in [-0.1, -0.05) is 27.7 Å². The van der Waals surface area contributed by atoms with Crippen LogP contribution in [0.3, 0.4) is 0 Å². The van der Waals surface area contributed by atoms with Crippen molar-refractivity contribution in [1.82, 2.24) is 0 Å². The number of quaternary nitrogens is 2. The van der Waals surface area contributed by atoms with E-state index in [2.05, 4.69) is 14.1 Å². The van der Waals surface area contributed by atoms with E-state index in [0.29, 0.717) is 13.1 Å². The van der Waals surface area contributed by atoms with Gasteiger partial charge in [-0.25, -0.2) is 0 Å². The lowest BCUT2D eigenvalue weighted by Crippen LogP contribution is -2.58. The van der Waals surface area contributed by atoms with Gasteiger partial charge in [-0.3, -0.25) is 28.8 Å². The van der Waals surface area contributed by atoms with E-state index in [4.69, 9.17) is 28.4 Å². The highest BCUT2D eigenvalue weighted by atomic mass is 16.6. The van der Waals surface area contributed by atoms with Gasteiger partial charge in [0.2, 0.25) is 0 Å². The van der Waals surface area contributed by atoms with Gasteiger partial charge in [0.25, 0.3) is 0 Å². The number of piperidine rings is 2. The standard InChI is InChI=1S/C46H62N2O12/c1-7-41(49)57-37-17-11-29(21-39(37)59-43(51)9-3)27-47(5)31-13-14-32(47)24-35(23-31)55-45(53)19-20-46(54)56-36-25-33-15-16-34(26-36)48(33,6)28-30-12-18-38(58-42(50)8-2)40(22-30)60-44(52)10-4/h11-12,17-18,21-22,31-36H,7-10,13-16,19-20,23-28H2,1-6H3/q+2. The topological polar surface area (TPSA) is 158 Å². The summed E-state index contributed by atoms with van der Waals surface area (Å²) in [7, 11) is 4.46. The van der Waals surface area contributed by atoms with Gasteiger partial charge in [-0.05, 0) is 36.4 Å². The lowest BCUT2D eigenvalue weighted by molar-refractivity contribution is -0.961. The van der Waals surface area contributed by atoms with Gasteiger partial charge in [0.05, 0.1) is 51.1 Å². The lowest BCUT2D eigenvalue weighted by atomic mass is 9.95. The first-order valence-corrected chi connectivity index (χ1v) is 21.8. The molecule has 6 rings (SSSR count). The van der Waals surface area contributed by atoms with Gasteiger partial charge < -0.3 is 37.4 Å². The molecular weight excluding hydrogens is 773 g/mol. The van der Waals surface area contributed by atoms with Crippen LogP contribution in [0.2, 0.25) is 0 Å². The molecule has 326 valence electrons. The Morgan fingerprint density at radius 1 is 0.467 bits per heavy atom. The Kier molecular flexibility index (Phi) is 14.4. The van der Waals surface area contributed by atoms with E-state index in [9.17, 15) is 28.8 Å². The number of carbonyl (C=O) groups is 6. The van der Waals surface area contributed by atoms with Gasteiger partial charge in [0.1, 0.15) is 25.3 Å². The van der Waals surface area contributed by atoms with Crippen LogP contribution in [0.15, 0.2) is 36.4 Å². The van der Waals surface area contributed by atoms with E-state index >= 15 is 0 Å². The molecule has 0 saturated carbocycles. The molecule has 0 aromatic heterocycles. The van der Waals surface area contributed by atoms with Crippen LogP contribution in [0.1, 0.15) is 129 Å². The molecule has 0 aliphatic carbocycles. The molecule has 4 saturated heterocycles. The molecule has 0 radical (unpaired) electrons. The largest absolute Gasteiger partial charge is 0.462 e. The molecule has 2 aromatic carbocycles. The minimum absolute atomic E-state index is 0.0349. The van der Waals surface area contributed by atoms with Gasteiger partial charge in [-0.2, -0.15) is 0 Å². The molecule has 4 unspecified atom stereocenters. The third-order valence-corrected chi connectivity index (χ3v) is 13.4. The fraction of sp³-hybridized carbons (Fsp3) is 0.609. The van der Waals surface area contributed by atoms with Crippen LogP contribution < -0.4 is 18.9 Å². The second-order valence-electron chi connectivity index (χ2n) is 17.3. The first-order valence-electron chi connectivity index (χ1n) is 21.8. The fourth-order valence-corrected chi connectivity index (χ4v) is 9.98. The van der Waals surface area contributed by atoms with Crippen molar-refractivity contribution >= 4 is 35.8 Å². The molecule has 14 nitrogen and oxygen atoms in total. The second-order valence-corrected chi connectivity index (χ2v) is 17.3. The van der Waals surface area contributed by atoms with Crippen molar-refractivity contribution in [3.05, 3.63) is 47.5 Å². The highest BCUT2D eigenvalue weighted by Crippen LogP contribution is 2.46. The third kappa shape index (κ3) is 10.4. The van der Waals surface area contributed by atoms with Gasteiger partial charge in [-0.15, -0.1) is 0 Å². The minimum atomic E-state index is -0.413. The molecule has 0 spiro atoms. The van der Waals surface area contributed by atoms with Crippen LogP contribution in [-0.4, -0.2) is 95.3 Å². The molecule has 4 aliphatic rings. The predicted molar refractivity (Wildman–Crippen MR) is 217 cm³/mol. The zero-order valence-corrected chi connectivity index (χ0v) is 36.0.